The second-order valence-corrected chi connectivity index (χ2v) is 9.52. The highest BCUT2D eigenvalue weighted by Crippen LogP contribution is 2.36. The topological polar surface area (TPSA) is 107 Å². The van der Waals surface area contributed by atoms with E-state index >= 15 is 0 Å². The predicted octanol–water partition coefficient (Wildman–Crippen LogP) is 3.07. The van der Waals surface area contributed by atoms with Gasteiger partial charge in [-0.25, -0.2) is 13.1 Å². The lowest BCUT2D eigenvalue weighted by atomic mass is 9.99. The lowest BCUT2D eigenvalue weighted by Gasteiger charge is -2.15. The van der Waals surface area contributed by atoms with Gasteiger partial charge in [-0.2, -0.15) is 10.4 Å². The molecule has 0 saturated heterocycles. The van der Waals surface area contributed by atoms with Gasteiger partial charge in [0.05, 0.1) is 35.2 Å². The summed E-state index contributed by atoms with van der Waals surface area (Å²) in [6, 6.07) is 12.0. The maximum Gasteiger partial charge on any atom is 0.258 e. The summed E-state index contributed by atoms with van der Waals surface area (Å²) in [5, 5.41) is 14.4. The number of fused-ring (bicyclic) bond motifs is 1. The number of hydrogen-bond acceptors (Lipinski definition) is 6. The van der Waals surface area contributed by atoms with Crippen LogP contribution < -0.4 is 10.3 Å². The van der Waals surface area contributed by atoms with Crippen molar-refractivity contribution in [3.63, 3.8) is 0 Å². The van der Waals surface area contributed by atoms with Crippen molar-refractivity contribution in [3.8, 4) is 28.6 Å². The molecule has 0 aliphatic rings. The van der Waals surface area contributed by atoms with Gasteiger partial charge in [-0.3, -0.25) is 4.79 Å². The summed E-state index contributed by atoms with van der Waals surface area (Å²) in [5.74, 6) is 0.452. The van der Waals surface area contributed by atoms with Gasteiger partial charge in [-0.05, 0) is 41.8 Å². The van der Waals surface area contributed by atoms with E-state index in [1.807, 2.05) is 6.07 Å². The summed E-state index contributed by atoms with van der Waals surface area (Å²) in [7, 11) is -0.292. The van der Waals surface area contributed by atoms with Crippen LogP contribution in [0.15, 0.2) is 64.7 Å². The van der Waals surface area contributed by atoms with E-state index in [2.05, 4.69) is 5.10 Å². The molecule has 162 valence electrons. The van der Waals surface area contributed by atoms with Crippen LogP contribution in [0.5, 0.6) is 5.75 Å². The predicted molar refractivity (Wildman–Crippen MR) is 121 cm³/mol. The quantitative estimate of drug-likeness (QED) is 0.464. The summed E-state index contributed by atoms with van der Waals surface area (Å²) < 4.78 is 33.5. The number of hydrogen-bond donors (Lipinski definition) is 0. The average molecular weight is 449 g/mol. The summed E-state index contributed by atoms with van der Waals surface area (Å²) in [6.45, 7) is 1.59. The molecule has 0 spiro atoms. The molecule has 0 N–H and O–H groups in total. The molecule has 2 aromatic heterocycles. The Labute approximate surface area is 184 Å². The van der Waals surface area contributed by atoms with Crippen LogP contribution in [-0.2, 0) is 16.9 Å². The number of aryl methyl sites for hydroxylation is 1. The van der Waals surface area contributed by atoms with E-state index in [1.54, 1.807) is 61.4 Å². The van der Waals surface area contributed by atoms with Crippen molar-refractivity contribution < 1.29 is 13.2 Å². The minimum atomic E-state index is -3.45. The highest BCUT2D eigenvalue weighted by molar-refractivity contribution is 7.91. The highest BCUT2D eigenvalue weighted by Gasteiger charge is 2.19. The number of methoxy groups -OCH3 is 1. The van der Waals surface area contributed by atoms with Crippen molar-refractivity contribution in [2.45, 2.75) is 11.8 Å². The van der Waals surface area contributed by atoms with Crippen LogP contribution in [0.4, 0.5) is 0 Å². The van der Waals surface area contributed by atoms with E-state index in [4.69, 9.17) is 10.00 Å². The van der Waals surface area contributed by atoms with Crippen molar-refractivity contribution in [2.75, 3.05) is 12.9 Å². The van der Waals surface area contributed by atoms with Crippen molar-refractivity contribution in [1.82, 2.24) is 14.3 Å². The molecule has 0 unspecified atom stereocenters. The molecule has 0 aliphatic carbocycles. The van der Waals surface area contributed by atoms with Crippen LogP contribution in [0, 0.1) is 11.3 Å². The van der Waals surface area contributed by atoms with Crippen molar-refractivity contribution >= 4 is 20.6 Å². The summed E-state index contributed by atoms with van der Waals surface area (Å²) in [4.78, 5) is 13.0. The summed E-state index contributed by atoms with van der Waals surface area (Å²) in [6.07, 6.45) is 4.71. The van der Waals surface area contributed by atoms with E-state index in [1.165, 1.54) is 23.9 Å². The van der Waals surface area contributed by atoms with Crippen molar-refractivity contribution in [3.05, 3.63) is 70.9 Å². The van der Waals surface area contributed by atoms with Crippen LogP contribution in [0.2, 0.25) is 0 Å². The highest BCUT2D eigenvalue weighted by atomic mass is 32.2. The Morgan fingerprint density at radius 3 is 2.53 bits per heavy atom. The fourth-order valence-corrected chi connectivity index (χ4v) is 4.50. The van der Waals surface area contributed by atoms with Crippen LogP contribution in [0.1, 0.15) is 12.5 Å². The summed E-state index contributed by atoms with van der Waals surface area (Å²) >= 11 is 0. The first-order chi connectivity index (χ1) is 15.3. The molecule has 0 aliphatic heterocycles. The van der Waals surface area contributed by atoms with E-state index in [0.29, 0.717) is 38.9 Å². The maximum absolute atomic E-state index is 12.8. The normalized spacial score (nSPS) is 11.4. The van der Waals surface area contributed by atoms with Crippen molar-refractivity contribution in [2.24, 2.45) is 7.05 Å². The molecule has 8 nitrogen and oxygen atoms in total. The zero-order valence-electron chi connectivity index (χ0n) is 17.7. The largest absolute Gasteiger partial charge is 0.496 e. The molecule has 0 amide bonds. The van der Waals surface area contributed by atoms with Gasteiger partial charge in [0.2, 0.25) is 0 Å². The molecule has 4 rings (SSSR count). The van der Waals surface area contributed by atoms with Gasteiger partial charge >= 0.3 is 0 Å². The van der Waals surface area contributed by atoms with E-state index in [9.17, 15) is 13.2 Å². The number of sulfone groups is 1. The second kappa shape index (κ2) is 7.98. The fourth-order valence-electron chi connectivity index (χ4n) is 3.59. The molecular formula is C23H20N4O4S. The average Bonchev–Trinajstić information content (AvgIpc) is 3.30. The first-order valence-electron chi connectivity index (χ1n) is 9.78. The Morgan fingerprint density at radius 2 is 1.88 bits per heavy atom. The SMILES string of the molecule is CCS(=O)(=O)c1ccc(OC)c(-c2cn(C)c(=O)c3ccc(-n4cc(C#N)cn4)cc23)c1. The molecule has 2 heterocycles. The smallest absolute Gasteiger partial charge is 0.258 e. The molecule has 0 fully saturated rings. The van der Waals surface area contributed by atoms with Gasteiger partial charge < -0.3 is 9.30 Å². The van der Waals surface area contributed by atoms with Gasteiger partial charge in [-0.15, -0.1) is 0 Å². The van der Waals surface area contributed by atoms with Gasteiger partial charge in [-0.1, -0.05) is 6.92 Å². The van der Waals surface area contributed by atoms with E-state index < -0.39 is 9.84 Å². The third kappa shape index (κ3) is 3.55. The number of rotatable bonds is 5. The maximum atomic E-state index is 12.8. The number of nitriles is 1. The Bertz CT molecular complexity index is 1560. The molecule has 2 aromatic carbocycles. The molecule has 4 aromatic rings. The van der Waals surface area contributed by atoms with Crippen LogP contribution in [-0.4, -0.2) is 35.6 Å². The van der Waals surface area contributed by atoms with Crippen LogP contribution in [0.3, 0.4) is 0 Å². The third-order valence-electron chi connectivity index (χ3n) is 5.34. The van der Waals surface area contributed by atoms with Gasteiger partial charge in [0.1, 0.15) is 11.8 Å². The third-order valence-corrected chi connectivity index (χ3v) is 7.08. The number of nitrogens with zero attached hydrogens (tertiary/aromatic N) is 4. The van der Waals surface area contributed by atoms with Gasteiger partial charge in [0.15, 0.2) is 9.84 Å². The first kappa shape index (κ1) is 21.3. The number of pyridine rings is 1. The number of ether oxygens (including phenoxy) is 1. The Kier molecular flexibility index (Phi) is 5.32. The minimum absolute atomic E-state index is 0.0303. The number of benzene rings is 2. The lowest BCUT2D eigenvalue weighted by Crippen LogP contribution is -2.17. The molecule has 9 heteroatoms. The summed E-state index contributed by atoms with van der Waals surface area (Å²) in [5.41, 5.74) is 2.07. The fraction of sp³-hybridized carbons (Fsp3) is 0.174. The van der Waals surface area contributed by atoms with Crippen LogP contribution in [0.25, 0.3) is 27.6 Å². The zero-order chi connectivity index (χ0) is 23.0. The Hall–Kier alpha value is -3.90. The van der Waals surface area contributed by atoms with Crippen LogP contribution >= 0.6 is 0 Å². The number of aromatic nitrogens is 3. The Morgan fingerprint density at radius 1 is 1.09 bits per heavy atom. The van der Waals surface area contributed by atoms with E-state index in [0.717, 1.165) is 0 Å². The second-order valence-electron chi connectivity index (χ2n) is 7.24. The standard InChI is InChI=1S/C23H20N4O4S/c1-4-32(29,30)17-6-8-22(31-3)20(10-17)21-14-26(2)23(28)18-7-5-16(9-19(18)21)27-13-15(11-24)12-25-27/h5-10,12-14H,4H2,1-3H3. The zero-order valence-corrected chi connectivity index (χ0v) is 18.5. The lowest BCUT2D eigenvalue weighted by molar-refractivity contribution is 0.416. The Balaban J connectivity index is 2.05. The molecular weight excluding hydrogens is 428 g/mol. The van der Waals surface area contributed by atoms with Gasteiger partial charge in [0.25, 0.3) is 5.56 Å². The first-order valence-corrected chi connectivity index (χ1v) is 11.4. The van der Waals surface area contributed by atoms with Gasteiger partial charge in [0, 0.05) is 36.0 Å². The molecule has 0 bridgehead atoms. The molecule has 0 atom stereocenters. The molecule has 32 heavy (non-hydrogen) atoms. The monoisotopic (exact) mass is 448 g/mol. The molecule has 0 saturated carbocycles. The molecule has 0 radical (unpaired) electrons. The van der Waals surface area contributed by atoms with E-state index in [-0.39, 0.29) is 16.2 Å². The minimum Gasteiger partial charge on any atom is -0.496 e. The van der Waals surface area contributed by atoms with Crippen molar-refractivity contribution in [1.29, 1.82) is 5.26 Å².